The fourth-order valence-electron chi connectivity index (χ4n) is 3.00. The van der Waals surface area contributed by atoms with Crippen LogP contribution in [-0.2, 0) is 6.54 Å². The number of hydrogen-bond acceptors (Lipinski definition) is 3. The van der Waals surface area contributed by atoms with Crippen molar-refractivity contribution in [3.05, 3.63) is 5.69 Å². The average Bonchev–Trinajstić information content (AvgIpc) is 2.68. The molecule has 1 aliphatic rings. The van der Waals surface area contributed by atoms with Gasteiger partial charge >= 0.3 is 0 Å². The normalized spacial score (nSPS) is 23.5. The number of rotatable bonds is 5. The van der Waals surface area contributed by atoms with Crippen molar-refractivity contribution in [2.45, 2.75) is 71.9 Å². The molecule has 0 bridgehead atoms. The zero-order chi connectivity index (χ0) is 13.8. The second kappa shape index (κ2) is 6.31. The highest BCUT2D eigenvalue weighted by Gasteiger charge is 2.27. The molecular formula is C15H27N3O. The van der Waals surface area contributed by atoms with Gasteiger partial charge in [-0.2, -0.15) is 5.10 Å². The van der Waals surface area contributed by atoms with E-state index in [-0.39, 0.29) is 0 Å². The molecule has 0 saturated heterocycles. The fraction of sp³-hybridized carbons (Fsp3) is 0.800. The molecule has 4 heteroatoms. The van der Waals surface area contributed by atoms with Gasteiger partial charge in [-0.1, -0.05) is 20.3 Å². The molecule has 1 aliphatic carbocycles. The van der Waals surface area contributed by atoms with Gasteiger partial charge in [-0.05, 0) is 44.9 Å². The summed E-state index contributed by atoms with van der Waals surface area (Å²) in [6.07, 6.45) is 7.57. The third-order valence-corrected chi connectivity index (χ3v) is 4.19. The summed E-state index contributed by atoms with van der Waals surface area (Å²) in [6, 6.07) is 0. The number of ether oxygens (including phenoxy) is 1. The van der Waals surface area contributed by atoms with E-state index in [0.717, 1.165) is 31.0 Å². The molecule has 2 unspecified atom stereocenters. The maximum absolute atomic E-state index is 6.27. The number of nitrogens with two attached hydrogens (primary N) is 1. The Bertz CT molecular complexity index is 414. The maximum atomic E-state index is 6.27. The Morgan fingerprint density at radius 2 is 2.05 bits per heavy atom. The largest absolute Gasteiger partial charge is 0.473 e. The molecule has 19 heavy (non-hydrogen) atoms. The minimum atomic E-state index is 0.313. The molecule has 1 saturated carbocycles. The monoisotopic (exact) mass is 265 g/mol. The van der Waals surface area contributed by atoms with Gasteiger partial charge in [0.25, 0.3) is 0 Å². The van der Waals surface area contributed by atoms with Gasteiger partial charge in [0.15, 0.2) is 0 Å². The van der Waals surface area contributed by atoms with Crippen LogP contribution in [0.4, 0.5) is 5.69 Å². The average molecular weight is 265 g/mol. The summed E-state index contributed by atoms with van der Waals surface area (Å²) in [5.41, 5.74) is 7.73. The van der Waals surface area contributed by atoms with E-state index in [1.165, 1.54) is 25.7 Å². The van der Waals surface area contributed by atoms with Gasteiger partial charge in [0.1, 0.15) is 11.8 Å². The third kappa shape index (κ3) is 3.04. The van der Waals surface area contributed by atoms with Crippen LogP contribution in [0.3, 0.4) is 0 Å². The van der Waals surface area contributed by atoms with Crippen molar-refractivity contribution in [3.63, 3.8) is 0 Å². The number of aromatic nitrogens is 2. The molecule has 1 heterocycles. The maximum Gasteiger partial charge on any atom is 0.236 e. The summed E-state index contributed by atoms with van der Waals surface area (Å²) in [5.74, 6) is 1.46. The van der Waals surface area contributed by atoms with E-state index in [9.17, 15) is 0 Å². The standard InChI is InChI=1S/C15H27N3O/c1-4-10-18-15(14(16)11(3)17-18)19-13-9-7-6-8-12(13)5-2/h12-13H,4-10,16H2,1-3H3. The summed E-state index contributed by atoms with van der Waals surface area (Å²) >= 11 is 0. The van der Waals surface area contributed by atoms with E-state index in [4.69, 9.17) is 10.5 Å². The van der Waals surface area contributed by atoms with Crippen LogP contribution in [0, 0.1) is 12.8 Å². The van der Waals surface area contributed by atoms with Crippen LogP contribution in [0.1, 0.15) is 58.1 Å². The molecule has 0 aliphatic heterocycles. The van der Waals surface area contributed by atoms with Crippen molar-refractivity contribution in [1.82, 2.24) is 9.78 Å². The Morgan fingerprint density at radius 1 is 1.32 bits per heavy atom. The molecule has 2 N–H and O–H groups in total. The van der Waals surface area contributed by atoms with E-state index in [2.05, 4.69) is 18.9 Å². The molecule has 4 nitrogen and oxygen atoms in total. The van der Waals surface area contributed by atoms with Crippen molar-refractivity contribution in [3.8, 4) is 5.88 Å². The first kappa shape index (κ1) is 14.2. The van der Waals surface area contributed by atoms with E-state index in [1.54, 1.807) is 0 Å². The molecule has 1 aromatic rings. The summed E-state index contributed by atoms with van der Waals surface area (Å²) < 4.78 is 8.21. The first-order valence-corrected chi connectivity index (χ1v) is 7.66. The summed E-state index contributed by atoms with van der Waals surface area (Å²) in [7, 11) is 0. The lowest BCUT2D eigenvalue weighted by atomic mass is 9.85. The number of nitrogen functional groups attached to an aromatic ring is 1. The number of aryl methyl sites for hydroxylation is 2. The quantitative estimate of drug-likeness (QED) is 0.886. The molecular weight excluding hydrogens is 238 g/mol. The summed E-state index contributed by atoms with van der Waals surface area (Å²) in [6.45, 7) is 7.22. The highest BCUT2D eigenvalue weighted by Crippen LogP contribution is 2.33. The molecule has 0 aromatic carbocycles. The van der Waals surface area contributed by atoms with Crippen molar-refractivity contribution < 1.29 is 4.74 Å². The van der Waals surface area contributed by atoms with Crippen LogP contribution in [0.5, 0.6) is 5.88 Å². The number of hydrogen-bond donors (Lipinski definition) is 1. The zero-order valence-corrected chi connectivity index (χ0v) is 12.5. The van der Waals surface area contributed by atoms with Crippen LogP contribution in [0.15, 0.2) is 0 Å². The van der Waals surface area contributed by atoms with Crippen LogP contribution >= 0.6 is 0 Å². The minimum Gasteiger partial charge on any atom is -0.473 e. The second-order valence-electron chi connectivity index (χ2n) is 5.64. The Balaban J connectivity index is 2.16. The molecule has 0 spiro atoms. The van der Waals surface area contributed by atoms with Crippen molar-refractivity contribution in [2.24, 2.45) is 5.92 Å². The van der Waals surface area contributed by atoms with Gasteiger partial charge in [0.2, 0.25) is 5.88 Å². The molecule has 2 atom stereocenters. The molecule has 1 fully saturated rings. The van der Waals surface area contributed by atoms with Gasteiger partial charge in [-0.3, -0.25) is 0 Å². The molecule has 0 radical (unpaired) electrons. The number of nitrogens with zero attached hydrogens (tertiary/aromatic N) is 2. The van der Waals surface area contributed by atoms with E-state index < -0.39 is 0 Å². The lowest BCUT2D eigenvalue weighted by Crippen LogP contribution is -2.31. The van der Waals surface area contributed by atoms with Crippen LogP contribution < -0.4 is 10.5 Å². The minimum absolute atomic E-state index is 0.313. The van der Waals surface area contributed by atoms with Crippen LogP contribution in [0.2, 0.25) is 0 Å². The highest BCUT2D eigenvalue weighted by molar-refractivity contribution is 5.52. The predicted octanol–water partition coefficient (Wildman–Crippen LogP) is 3.53. The van der Waals surface area contributed by atoms with Gasteiger partial charge < -0.3 is 10.5 Å². The molecule has 1 aromatic heterocycles. The van der Waals surface area contributed by atoms with Crippen molar-refractivity contribution in [1.29, 1.82) is 0 Å². The molecule has 108 valence electrons. The van der Waals surface area contributed by atoms with Crippen molar-refractivity contribution in [2.75, 3.05) is 5.73 Å². The SMILES string of the molecule is CCCn1nc(C)c(N)c1OC1CCCCC1CC. The number of anilines is 1. The highest BCUT2D eigenvalue weighted by atomic mass is 16.5. The fourth-order valence-corrected chi connectivity index (χ4v) is 3.00. The topological polar surface area (TPSA) is 53.1 Å². The Labute approximate surface area is 116 Å². The van der Waals surface area contributed by atoms with E-state index in [1.807, 2.05) is 11.6 Å². The Hall–Kier alpha value is -1.19. The van der Waals surface area contributed by atoms with Gasteiger partial charge in [0.05, 0.1) is 5.69 Å². The van der Waals surface area contributed by atoms with Crippen molar-refractivity contribution >= 4 is 5.69 Å². The first-order chi connectivity index (χ1) is 9.17. The Kier molecular flexibility index (Phi) is 4.72. The van der Waals surface area contributed by atoms with Gasteiger partial charge in [-0.15, -0.1) is 0 Å². The van der Waals surface area contributed by atoms with Crippen LogP contribution in [0.25, 0.3) is 0 Å². The van der Waals surface area contributed by atoms with Gasteiger partial charge in [-0.25, -0.2) is 4.68 Å². The molecule has 0 amide bonds. The zero-order valence-electron chi connectivity index (χ0n) is 12.5. The molecule has 2 rings (SSSR count). The predicted molar refractivity (Wildman–Crippen MR) is 78.3 cm³/mol. The van der Waals surface area contributed by atoms with Gasteiger partial charge in [0, 0.05) is 6.54 Å². The second-order valence-corrected chi connectivity index (χ2v) is 5.64. The third-order valence-electron chi connectivity index (χ3n) is 4.19. The smallest absolute Gasteiger partial charge is 0.236 e. The van der Waals surface area contributed by atoms with E-state index in [0.29, 0.717) is 17.7 Å². The summed E-state index contributed by atoms with van der Waals surface area (Å²) in [4.78, 5) is 0. The summed E-state index contributed by atoms with van der Waals surface area (Å²) in [5, 5.41) is 4.48. The Morgan fingerprint density at radius 3 is 2.74 bits per heavy atom. The first-order valence-electron chi connectivity index (χ1n) is 7.66. The van der Waals surface area contributed by atoms with Crippen LogP contribution in [-0.4, -0.2) is 15.9 Å². The lowest BCUT2D eigenvalue weighted by molar-refractivity contribution is 0.0810. The lowest BCUT2D eigenvalue weighted by Gasteiger charge is -2.31. The van der Waals surface area contributed by atoms with E-state index >= 15 is 0 Å².